The summed E-state index contributed by atoms with van der Waals surface area (Å²) in [4.78, 5) is 3.97. The van der Waals surface area contributed by atoms with Gasteiger partial charge in [-0.05, 0) is 24.3 Å². The summed E-state index contributed by atoms with van der Waals surface area (Å²) in [5.41, 5.74) is 3.46. The van der Waals surface area contributed by atoms with E-state index in [0.29, 0.717) is 13.4 Å². The Kier molecular flexibility index (Phi) is 5.20. The lowest BCUT2D eigenvalue weighted by atomic mass is 10.1. The molecule has 26 heavy (non-hydrogen) atoms. The average molecular weight is 376 g/mol. The van der Waals surface area contributed by atoms with Gasteiger partial charge in [-0.2, -0.15) is 0 Å². The number of halogens is 1. The quantitative estimate of drug-likeness (QED) is 0.888. The van der Waals surface area contributed by atoms with Gasteiger partial charge in [0.15, 0.2) is 6.79 Å². The van der Waals surface area contributed by atoms with Crippen molar-refractivity contribution in [2.75, 3.05) is 45.0 Å². The van der Waals surface area contributed by atoms with E-state index in [0.717, 1.165) is 54.8 Å². The van der Waals surface area contributed by atoms with Crippen LogP contribution in [-0.2, 0) is 17.9 Å². The maximum atomic E-state index is 6.29. The summed E-state index contributed by atoms with van der Waals surface area (Å²) in [7, 11) is 1.71. The molecule has 2 heterocycles. The van der Waals surface area contributed by atoms with Crippen LogP contribution in [0.1, 0.15) is 11.1 Å². The summed E-state index contributed by atoms with van der Waals surface area (Å²) in [6, 6.07) is 12.3. The minimum absolute atomic E-state index is 0.320. The lowest BCUT2D eigenvalue weighted by molar-refractivity contribution is -0.914. The second kappa shape index (κ2) is 7.74. The second-order valence-corrected chi connectivity index (χ2v) is 7.22. The molecule has 5 nitrogen and oxygen atoms in total. The molecule has 0 bridgehead atoms. The summed E-state index contributed by atoms with van der Waals surface area (Å²) < 4.78 is 16.5. The Bertz CT molecular complexity index is 776. The number of nitrogens with one attached hydrogen (secondary N) is 1. The van der Waals surface area contributed by atoms with Gasteiger partial charge >= 0.3 is 0 Å². The molecule has 2 aliphatic heterocycles. The SMILES string of the molecule is COc1cccc(N2CC[NH+](Cc3cc(Cl)cc4c3OCOC4)CC2)c1. The molecule has 0 unspecified atom stereocenters. The number of ether oxygens (including phenoxy) is 3. The molecule has 2 aromatic rings. The van der Waals surface area contributed by atoms with Crippen molar-refractivity contribution in [3.63, 3.8) is 0 Å². The van der Waals surface area contributed by atoms with Crippen LogP contribution in [0.3, 0.4) is 0 Å². The number of quaternary nitrogens is 1. The fourth-order valence-corrected chi connectivity index (χ4v) is 3.99. The first kappa shape index (κ1) is 17.5. The number of anilines is 1. The van der Waals surface area contributed by atoms with Crippen molar-refractivity contribution in [2.24, 2.45) is 0 Å². The van der Waals surface area contributed by atoms with Gasteiger partial charge < -0.3 is 24.0 Å². The van der Waals surface area contributed by atoms with E-state index in [1.165, 1.54) is 11.3 Å². The zero-order chi connectivity index (χ0) is 17.9. The smallest absolute Gasteiger partial charge is 0.189 e. The highest BCUT2D eigenvalue weighted by molar-refractivity contribution is 6.30. The molecule has 138 valence electrons. The first-order valence-electron chi connectivity index (χ1n) is 8.97. The van der Waals surface area contributed by atoms with Gasteiger partial charge in [-0.25, -0.2) is 0 Å². The first-order valence-corrected chi connectivity index (χ1v) is 9.35. The van der Waals surface area contributed by atoms with Crippen molar-refractivity contribution < 1.29 is 19.1 Å². The highest BCUT2D eigenvalue weighted by Gasteiger charge is 2.24. The van der Waals surface area contributed by atoms with Crippen molar-refractivity contribution in [1.82, 2.24) is 0 Å². The predicted molar refractivity (Wildman–Crippen MR) is 101 cm³/mol. The van der Waals surface area contributed by atoms with Crippen molar-refractivity contribution >= 4 is 17.3 Å². The van der Waals surface area contributed by atoms with E-state index in [2.05, 4.69) is 17.0 Å². The Labute approximate surface area is 159 Å². The Morgan fingerprint density at radius 2 is 2.04 bits per heavy atom. The van der Waals surface area contributed by atoms with E-state index >= 15 is 0 Å². The zero-order valence-corrected chi connectivity index (χ0v) is 15.7. The molecule has 0 aromatic heterocycles. The molecule has 0 spiro atoms. The summed E-state index contributed by atoms with van der Waals surface area (Å²) in [6.45, 7) is 6.02. The van der Waals surface area contributed by atoms with E-state index in [-0.39, 0.29) is 0 Å². The molecular weight excluding hydrogens is 352 g/mol. The fourth-order valence-electron chi connectivity index (χ4n) is 3.72. The van der Waals surface area contributed by atoms with E-state index in [1.54, 1.807) is 12.0 Å². The Morgan fingerprint density at radius 1 is 1.19 bits per heavy atom. The van der Waals surface area contributed by atoms with Gasteiger partial charge in [-0.1, -0.05) is 17.7 Å². The lowest BCUT2D eigenvalue weighted by Crippen LogP contribution is -3.13. The minimum Gasteiger partial charge on any atom is -0.497 e. The minimum atomic E-state index is 0.320. The second-order valence-electron chi connectivity index (χ2n) is 6.78. The van der Waals surface area contributed by atoms with E-state index < -0.39 is 0 Å². The Balaban J connectivity index is 1.42. The third-order valence-electron chi connectivity index (χ3n) is 5.08. The van der Waals surface area contributed by atoms with Gasteiger partial charge in [0.1, 0.15) is 18.0 Å². The third kappa shape index (κ3) is 3.75. The van der Waals surface area contributed by atoms with E-state index in [1.807, 2.05) is 24.3 Å². The highest BCUT2D eigenvalue weighted by atomic mass is 35.5. The molecule has 1 N–H and O–H groups in total. The van der Waals surface area contributed by atoms with Gasteiger partial charge in [-0.3, -0.25) is 0 Å². The summed E-state index contributed by atoms with van der Waals surface area (Å²) >= 11 is 6.29. The van der Waals surface area contributed by atoms with Crippen molar-refractivity contribution in [3.05, 3.63) is 52.5 Å². The molecule has 0 saturated carbocycles. The van der Waals surface area contributed by atoms with Crippen molar-refractivity contribution in [1.29, 1.82) is 0 Å². The maximum Gasteiger partial charge on any atom is 0.189 e. The van der Waals surface area contributed by atoms with Crippen molar-refractivity contribution in [2.45, 2.75) is 13.2 Å². The number of hydrogen-bond donors (Lipinski definition) is 1. The number of piperazine rings is 1. The molecular formula is C20H24ClN2O3+. The van der Waals surface area contributed by atoms with Crippen LogP contribution in [0.15, 0.2) is 36.4 Å². The van der Waals surface area contributed by atoms with Gasteiger partial charge in [-0.15, -0.1) is 0 Å². The molecule has 0 atom stereocenters. The highest BCUT2D eigenvalue weighted by Crippen LogP contribution is 2.31. The Morgan fingerprint density at radius 3 is 2.85 bits per heavy atom. The lowest BCUT2D eigenvalue weighted by Gasteiger charge is -2.34. The number of hydrogen-bond acceptors (Lipinski definition) is 4. The molecule has 1 saturated heterocycles. The summed E-state index contributed by atoms with van der Waals surface area (Å²) in [5, 5.41) is 0.752. The maximum absolute atomic E-state index is 6.29. The molecule has 4 rings (SSSR count). The third-order valence-corrected chi connectivity index (χ3v) is 5.30. The van der Waals surface area contributed by atoms with E-state index in [4.69, 9.17) is 25.8 Å². The normalized spacial score (nSPS) is 17.5. The number of fused-ring (bicyclic) bond motifs is 1. The predicted octanol–water partition coefficient (Wildman–Crippen LogP) is 2.12. The van der Waals surface area contributed by atoms with Gasteiger partial charge in [0.25, 0.3) is 0 Å². The van der Waals surface area contributed by atoms with Crippen LogP contribution in [0.4, 0.5) is 5.69 Å². The Hall–Kier alpha value is -1.95. The molecule has 2 aliphatic rings. The zero-order valence-electron chi connectivity index (χ0n) is 15.0. The number of benzene rings is 2. The van der Waals surface area contributed by atoms with Crippen molar-refractivity contribution in [3.8, 4) is 11.5 Å². The fraction of sp³-hybridized carbons (Fsp3) is 0.400. The topological polar surface area (TPSA) is 35.4 Å². The summed E-state index contributed by atoms with van der Waals surface area (Å²) in [5.74, 6) is 1.87. The largest absolute Gasteiger partial charge is 0.497 e. The average Bonchev–Trinajstić information content (AvgIpc) is 2.68. The summed E-state index contributed by atoms with van der Waals surface area (Å²) in [6.07, 6.45) is 0. The van der Waals surface area contributed by atoms with Crippen LogP contribution in [0, 0.1) is 0 Å². The van der Waals surface area contributed by atoms with Crippen LogP contribution >= 0.6 is 11.6 Å². The molecule has 1 fully saturated rings. The van der Waals surface area contributed by atoms with Crippen LogP contribution in [0.25, 0.3) is 0 Å². The van der Waals surface area contributed by atoms with Gasteiger partial charge in [0.05, 0.1) is 45.5 Å². The molecule has 0 amide bonds. The van der Waals surface area contributed by atoms with Crippen LogP contribution < -0.4 is 19.3 Å². The first-order chi connectivity index (χ1) is 12.7. The van der Waals surface area contributed by atoms with Crippen LogP contribution in [-0.4, -0.2) is 40.1 Å². The number of rotatable bonds is 4. The molecule has 2 aromatic carbocycles. The molecule has 0 aliphatic carbocycles. The molecule has 0 radical (unpaired) electrons. The number of nitrogens with zero attached hydrogens (tertiary/aromatic N) is 1. The van der Waals surface area contributed by atoms with Crippen LogP contribution in [0.2, 0.25) is 5.02 Å². The number of methoxy groups -OCH3 is 1. The van der Waals surface area contributed by atoms with Crippen LogP contribution in [0.5, 0.6) is 11.5 Å². The molecule has 6 heteroatoms. The van der Waals surface area contributed by atoms with Gasteiger partial charge in [0.2, 0.25) is 0 Å². The standard InChI is InChI=1S/C20H23ClN2O3/c1-24-19-4-2-3-18(11-19)23-7-5-22(6-8-23)12-15-9-17(21)10-16-13-25-14-26-20(15)16/h2-4,9-11H,5-8,12-14H2,1H3/p+1. The van der Waals surface area contributed by atoms with E-state index in [9.17, 15) is 0 Å². The van der Waals surface area contributed by atoms with Gasteiger partial charge in [0, 0.05) is 22.3 Å². The monoisotopic (exact) mass is 375 g/mol.